The summed E-state index contributed by atoms with van der Waals surface area (Å²) in [5.41, 5.74) is 0.188. The molecule has 0 aliphatic carbocycles. The van der Waals surface area contributed by atoms with Gasteiger partial charge >= 0.3 is 6.18 Å². The van der Waals surface area contributed by atoms with Crippen LogP contribution in [0.1, 0.15) is 10.6 Å². The van der Waals surface area contributed by atoms with E-state index >= 15 is 0 Å². The Morgan fingerprint density at radius 3 is 2.48 bits per heavy atom. The number of sulfonamides is 1. The van der Waals surface area contributed by atoms with Crippen LogP contribution in [0, 0.1) is 0 Å². The first-order valence-electron chi connectivity index (χ1n) is 7.30. The Balaban J connectivity index is 1.96. The molecule has 1 aliphatic rings. The number of rotatable bonds is 2. The highest BCUT2D eigenvalue weighted by molar-refractivity contribution is 7.99. The smallest absolute Gasteiger partial charge is 0.231 e. The second-order valence-electron chi connectivity index (χ2n) is 5.65. The summed E-state index contributed by atoms with van der Waals surface area (Å²) in [5.74, 6) is 0.374. The van der Waals surface area contributed by atoms with Gasteiger partial charge in [0.2, 0.25) is 10.0 Å². The van der Waals surface area contributed by atoms with Gasteiger partial charge in [0.05, 0.1) is 25.5 Å². The van der Waals surface area contributed by atoms with E-state index in [0.29, 0.717) is 21.3 Å². The van der Waals surface area contributed by atoms with Crippen LogP contribution in [0.3, 0.4) is 0 Å². The van der Waals surface area contributed by atoms with Crippen LogP contribution in [0.15, 0.2) is 40.1 Å². The van der Waals surface area contributed by atoms with Crippen LogP contribution in [0.4, 0.5) is 13.2 Å². The fourth-order valence-corrected chi connectivity index (χ4v) is 5.82. The summed E-state index contributed by atoms with van der Waals surface area (Å²) in [7, 11) is -3.91. The van der Waals surface area contributed by atoms with Crippen molar-refractivity contribution in [1.82, 2.24) is 9.78 Å². The van der Waals surface area contributed by atoms with E-state index < -0.39 is 21.9 Å². The van der Waals surface area contributed by atoms with E-state index in [0.717, 1.165) is 16.6 Å². The number of hydrogen-bond acceptors (Lipinski definition) is 5. The highest BCUT2D eigenvalue weighted by Crippen LogP contribution is 2.51. The molecule has 5 nitrogen and oxygen atoms in total. The molecule has 142 valence electrons. The van der Waals surface area contributed by atoms with Crippen molar-refractivity contribution in [3.8, 4) is 16.9 Å². The summed E-state index contributed by atoms with van der Waals surface area (Å²) in [6, 6.07) is 6.80. The molecule has 0 bridgehead atoms. The van der Waals surface area contributed by atoms with Crippen molar-refractivity contribution >= 4 is 44.7 Å². The lowest BCUT2D eigenvalue weighted by atomic mass is 10.1. The number of thiophene rings is 1. The van der Waals surface area contributed by atoms with E-state index in [-0.39, 0.29) is 15.5 Å². The van der Waals surface area contributed by atoms with E-state index in [1.807, 2.05) is 0 Å². The predicted octanol–water partition coefficient (Wildman–Crippen LogP) is 4.53. The Labute approximate surface area is 165 Å². The summed E-state index contributed by atoms with van der Waals surface area (Å²) in [6.45, 7) is 0. The molecule has 3 aromatic rings. The van der Waals surface area contributed by atoms with Crippen LogP contribution in [-0.4, -0.2) is 18.2 Å². The second-order valence-corrected chi connectivity index (χ2v) is 9.97. The third kappa shape index (κ3) is 3.27. The van der Waals surface area contributed by atoms with Crippen molar-refractivity contribution in [3.63, 3.8) is 0 Å². The summed E-state index contributed by atoms with van der Waals surface area (Å²) in [6.07, 6.45) is -4.62. The van der Waals surface area contributed by atoms with Crippen LogP contribution in [0.5, 0.6) is 0 Å². The summed E-state index contributed by atoms with van der Waals surface area (Å²) in [5, 5.41) is 8.85. The van der Waals surface area contributed by atoms with E-state index in [4.69, 9.17) is 16.7 Å². The van der Waals surface area contributed by atoms with Gasteiger partial charge in [0, 0.05) is 16.2 Å². The molecular weight excluding hydrogens is 443 g/mol. The highest BCUT2D eigenvalue weighted by Gasteiger charge is 2.41. The van der Waals surface area contributed by atoms with Crippen molar-refractivity contribution in [2.75, 3.05) is 0 Å². The first kappa shape index (κ1) is 18.8. The number of nitrogens with zero attached hydrogens (tertiary/aromatic N) is 2. The maximum Gasteiger partial charge on any atom is 0.436 e. The zero-order valence-electron chi connectivity index (χ0n) is 13.1. The molecule has 0 spiro atoms. The minimum atomic E-state index is -4.62. The lowest BCUT2D eigenvalue weighted by Gasteiger charge is -2.15. The SMILES string of the molecule is NS(=O)(=O)c1ccc(-n2nc(C(F)(F)F)c3c2-c2cc(Cl)sc2CS3)cc1. The first-order chi connectivity index (χ1) is 12.6. The fraction of sp³-hybridized carbons (Fsp3) is 0.133. The minimum absolute atomic E-state index is 0.0278. The average Bonchev–Trinajstić information content (AvgIpc) is 3.13. The molecule has 0 saturated heterocycles. The molecule has 0 atom stereocenters. The van der Waals surface area contributed by atoms with Gasteiger partial charge in [-0.1, -0.05) is 11.6 Å². The van der Waals surface area contributed by atoms with E-state index in [1.165, 1.54) is 40.3 Å². The third-order valence-corrected chi connectivity index (χ3v) is 7.39. The predicted molar refractivity (Wildman–Crippen MR) is 97.8 cm³/mol. The van der Waals surface area contributed by atoms with Gasteiger partial charge in [0.1, 0.15) is 0 Å². The fourth-order valence-electron chi connectivity index (χ4n) is 2.77. The number of benzene rings is 1. The number of aromatic nitrogens is 2. The Bertz CT molecular complexity index is 1150. The quantitative estimate of drug-likeness (QED) is 0.621. The van der Waals surface area contributed by atoms with E-state index in [1.54, 1.807) is 6.07 Å². The third-order valence-electron chi connectivity index (χ3n) is 3.90. The maximum atomic E-state index is 13.5. The second kappa shape index (κ2) is 6.24. The normalized spacial score (nSPS) is 14.1. The van der Waals surface area contributed by atoms with E-state index in [9.17, 15) is 21.6 Å². The molecule has 1 aromatic carbocycles. The Hall–Kier alpha value is -1.53. The Kier molecular flexibility index (Phi) is 4.35. The van der Waals surface area contributed by atoms with Crippen LogP contribution in [0.25, 0.3) is 16.9 Å². The number of thioether (sulfide) groups is 1. The van der Waals surface area contributed by atoms with Gasteiger partial charge in [-0.25, -0.2) is 18.2 Å². The molecule has 1 aliphatic heterocycles. The molecular formula is C15H9ClF3N3O2S3. The summed E-state index contributed by atoms with van der Waals surface area (Å²) in [4.78, 5) is 0.741. The average molecular weight is 452 g/mol. The topological polar surface area (TPSA) is 78.0 Å². The number of alkyl halides is 3. The highest BCUT2D eigenvalue weighted by atomic mass is 35.5. The van der Waals surface area contributed by atoms with Gasteiger partial charge in [0.15, 0.2) is 5.69 Å². The molecule has 0 saturated carbocycles. The number of halogens is 4. The monoisotopic (exact) mass is 451 g/mol. The van der Waals surface area contributed by atoms with E-state index in [2.05, 4.69) is 5.10 Å². The van der Waals surface area contributed by atoms with Crippen molar-refractivity contribution < 1.29 is 21.6 Å². The van der Waals surface area contributed by atoms with Crippen molar-refractivity contribution in [3.05, 3.63) is 45.2 Å². The number of nitrogens with two attached hydrogens (primary N) is 1. The van der Waals surface area contributed by atoms with Gasteiger partial charge in [-0.15, -0.1) is 23.1 Å². The molecule has 2 aromatic heterocycles. The molecule has 2 N–H and O–H groups in total. The van der Waals surface area contributed by atoms with Gasteiger partial charge in [-0.2, -0.15) is 18.3 Å². The number of primary sulfonamides is 1. The Morgan fingerprint density at radius 1 is 1.22 bits per heavy atom. The van der Waals surface area contributed by atoms with Gasteiger partial charge < -0.3 is 0 Å². The molecule has 0 amide bonds. The van der Waals surface area contributed by atoms with Gasteiger partial charge in [-0.3, -0.25) is 0 Å². The van der Waals surface area contributed by atoms with Crippen LogP contribution in [-0.2, 0) is 22.0 Å². The lowest BCUT2D eigenvalue weighted by Crippen LogP contribution is -2.12. The number of fused-ring (bicyclic) bond motifs is 3. The lowest BCUT2D eigenvalue weighted by molar-refractivity contribution is -0.143. The first-order valence-corrected chi connectivity index (χ1v) is 11.0. The molecule has 3 heterocycles. The van der Waals surface area contributed by atoms with Crippen molar-refractivity contribution in [2.45, 2.75) is 21.7 Å². The van der Waals surface area contributed by atoms with Gasteiger partial charge in [0.25, 0.3) is 0 Å². The summed E-state index contributed by atoms with van der Waals surface area (Å²) < 4.78 is 64.9. The molecule has 0 unspecified atom stereocenters. The van der Waals surface area contributed by atoms with Crippen molar-refractivity contribution in [1.29, 1.82) is 0 Å². The Morgan fingerprint density at radius 2 is 1.89 bits per heavy atom. The summed E-state index contributed by atoms with van der Waals surface area (Å²) >= 11 is 8.42. The largest absolute Gasteiger partial charge is 0.436 e. The van der Waals surface area contributed by atoms with Crippen LogP contribution < -0.4 is 5.14 Å². The maximum absolute atomic E-state index is 13.5. The minimum Gasteiger partial charge on any atom is -0.231 e. The molecule has 0 fully saturated rings. The molecule has 0 radical (unpaired) electrons. The zero-order chi connectivity index (χ0) is 19.6. The van der Waals surface area contributed by atoms with Crippen LogP contribution in [0.2, 0.25) is 4.34 Å². The van der Waals surface area contributed by atoms with Crippen molar-refractivity contribution in [2.24, 2.45) is 5.14 Å². The number of hydrogen-bond donors (Lipinski definition) is 1. The van der Waals surface area contributed by atoms with Gasteiger partial charge in [-0.05, 0) is 30.3 Å². The van der Waals surface area contributed by atoms with Crippen LogP contribution >= 0.6 is 34.7 Å². The molecule has 27 heavy (non-hydrogen) atoms. The zero-order valence-corrected chi connectivity index (χ0v) is 16.3. The molecule has 12 heteroatoms. The standard InChI is InChI=1S/C15H9ClF3N3O2S3/c16-11-5-9-10(26-11)6-25-13-12(9)22(21-14(13)15(17,18)19)7-1-3-8(4-2-7)27(20,23)24/h1-5H,6H2,(H2,20,23,24). The molecule has 4 rings (SSSR count).